The minimum atomic E-state index is 0.672. The van der Waals surface area contributed by atoms with Crippen LogP contribution in [0.15, 0.2) is 54.6 Å². The highest BCUT2D eigenvalue weighted by molar-refractivity contribution is 5.37. The van der Waals surface area contributed by atoms with Crippen molar-refractivity contribution in [3.63, 3.8) is 0 Å². The second-order valence-electron chi connectivity index (χ2n) is 3.73. The molecule has 0 atom stereocenters. The smallest absolute Gasteiger partial charge is 0.134 e. The Bertz CT molecular complexity index is 422. The van der Waals surface area contributed by atoms with Gasteiger partial charge in [0.1, 0.15) is 11.4 Å². The third kappa shape index (κ3) is 2.92. The van der Waals surface area contributed by atoms with Crippen molar-refractivity contribution in [3.8, 4) is 0 Å². The minimum absolute atomic E-state index is 0.672. The number of quaternary nitrogens is 1. The van der Waals surface area contributed by atoms with E-state index in [9.17, 15) is 0 Å². The number of ether oxygens (including phenoxy) is 1. The molecule has 2 aromatic rings. The third-order valence-corrected chi connectivity index (χ3v) is 2.42. The molecule has 0 unspecified atom stereocenters. The predicted octanol–water partition coefficient (Wildman–Crippen LogP) is 2.36. The number of rotatable bonds is 4. The Morgan fingerprint density at radius 2 is 1.50 bits per heavy atom. The first-order valence-electron chi connectivity index (χ1n) is 5.36. The highest BCUT2D eigenvalue weighted by atomic mass is 16.5. The molecule has 0 aliphatic rings. The van der Waals surface area contributed by atoms with Crippen LogP contribution in [0.1, 0.15) is 5.56 Å². The van der Waals surface area contributed by atoms with Gasteiger partial charge in [-0.2, -0.15) is 0 Å². The van der Waals surface area contributed by atoms with Gasteiger partial charge >= 0.3 is 0 Å². The van der Waals surface area contributed by atoms with Gasteiger partial charge in [-0.25, -0.2) is 0 Å². The molecule has 0 aromatic heterocycles. The van der Waals surface area contributed by atoms with Crippen LogP contribution >= 0.6 is 0 Å². The first-order valence-corrected chi connectivity index (χ1v) is 5.36. The molecule has 0 aliphatic carbocycles. The molecule has 2 heteroatoms. The molecular formula is C14H16NO+. The van der Waals surface area contributed by atoms with E-state index >= 15 is 0 Å². The van der Waals surface area contributed by atoms with E-state index in [0.717, 1.165) is 0 Å². The molecule has 0 bridgehead atoms. The molecular weight excluding hydrogens is 198 g/mol. The van der Waals surface area contributed by atoms with Crippen molar-refractivity contribution in [2.24, 2.45) is 0 Å². The molecule has 2 nitrogen and oxygen atoms in total. The summed E-state index contributed by atoms with van der Waals surface area (Å²) < 4.78 is 5.08. The third-order valence-electron chi connectivity index (χ3n) is 2.42. The molecule has 0 heterocycles. The lowest BCUT2D eigenvalue weighted by Crippen LogP contribution is -2.70. The zero-order chi connectivity index (χ0) is 11.2. The molecule has 0 spiro atoms. The Balaban J connectivity index is 2.05. The summed E-state index contributed by atoms with van der Waals surface area (Å²) >= 11 is 0. The normalized spacial score (nSPS) is 10.3. The molecule has 2 aromatic carbocycles. The molecule has 0 fully saturated rings. The van der Waals surface area contributed by atoms with Gasteiger partial charge in [0, 0.05) is 7.11 Å². The van der Waals surface area contributed by atoms with E-state index in [-0.39, 0.29) is 0 Å². The van der Waals surface area contributed by atoms with Gasteiger partial charge in [-0.05, 0) is 29.8 Å². The maximum Gasteiger partial charge on any atom is 0.134 e. The summed E-state index contributed by atoms with van der Waals surface area (Å²) in [6.07, 6.45) is 0. The second-order valence-corrected chi connectivity index (χ2v) is 3.73. The fourth-order valence-corrected chi connectivity index (χ4v) is 1.62. The zero-order valence-electron chi connectivity index (χ0n) is 9.39. The zero-order valence-corrected chi connectivity index (χ0v) is 9.39. The van der Waals surface area contributed by atoms with Crippen LogP contribution in [-0.4, -0.2) is 7.11 Å². The molecule has 0 saturated carbocycles. The number of para-hydroxylation sites is 1. The number of hydrogen-bond acceptors (Lipinski definition) is 1. The van der Waals surface area contributed by atoms with Gasteiger partial charge in [0.2, 0.25) is 0 Å². The van der Waals surface area contributed by atoms with E-state index in [1.807, 2.05) is 18.2 Å². The SMILES string of the molecule is COCc1ccc([NH2+]c2ccccc2)cc1. The monoisotopic (exact) mass is 214 g/mol. The van der Waals surface area contributed by atoms with Crippen LogP contribution in [0, 0.1) is 0 Å². The molecule has 2 rings (SSSR count). The Labute approximate surface area is 95.9 Å². The van der Waals surface area contributed by atoms with Gasteiger partial charge in [0.05, 0.1) is 6.61 Å². The van der Waals surface area contributed by atoms with Crippen molar-refractivity contribution in [2.75, 3.05) is 7.11 Å². The second kappa shape index (κ2) is 5.45. The minimum Gasteiger partial charge on any atom is -0.380 e. The Morgan fingerprint density at radius 1 is 0.875 bits per heavy atom. The van der Waals surface area contributed by atoms with Crippen molar-refractivity contribution in [3.05, 3.63) is 60.2 Å². The average Bonchev–Trinajstić information content (AvgIpc) is 2.33. The fraction of sp³-hybridized carbons (Fsp3) is 0.143. The van der Waals surface area contributed by atoms with Gasteiger partial charge in [-0.3, -0.25) is 5.32 Å². The van der Waals surface area contributed by atoms with Crippen LogP contribution in [0.4, 0.5) is 11.4 Å². The maximum atomic E-state index is 5.08. The summed E-state index contributed by atoms with van der Waals surface area (Å²) in [7, 11) is 1.71. The summed E-state index contributed by atoms with van der Waals surface area (Å²) in [4.78, 5) is 0. The quantitative estimate of drug-likeness (QED) is 0.777. The number of benzene rings is 2. The van der Waals surface area contributed by atoms with E-state index in [1.54, 1.807) is 7.11 Å². The van der Waals surface area contributed by atoms with Gasteiger partial charge in [0.15, 0.2) is 0 Å². The molecule has 2 N–H and O–H groups in total. The van der Waals surface area contributed by atoms with Gasteiger partial charge in [-0.15, -0.1) is 0 Å². The summed E-state index contributed by atoms with van der Waals surface area (Å²) in [5.41, 5.74) is 3.64. The summed E-state index contributed by atoms with van der Waals surface area (Å²) in [5.74, 6) is 0. The highest BCUT2D eigenvalue weighted by Gasteiger charge is 1.99. The van der Waals surface area contributed by atoms with Crippen LogP contribution < -0.4 is 5.32 Å². The lowest BCUT2D eigenvalue weighted by Gasteiger charge is -2.02. The van der Waals surface area contributed by atoms with Crippen molar-refractivity contribution in [1.82, 2.24) is 0 Å². The van der Waals surface area contributed by atoms with Crippen LogP contribution in [0.5, 0.6) is 0 Å². The van der Waals surface area contributed by atoms with Crippen molar-refractivity contribution >= 4 is 11.4 Å². The molecule has 82 valence electrons. The fourth-order valence-electron chi connectivity index (χ4n) is 1.62. The number of methoxy groups -OCH3 is 1. The van der Waals surface area contributed by atoms with Crippen molar-refractivity contribution < 1.29 is 10.1 Å². The maximum absolute atomic E-state index is 5.08. The van der Waals surface area contributed by atoms with Crippen LogP contribution in [0.25, 0.3) is 0 Å². The van der Waals surface area contributed by atoms with Crippen molar-refractivity contribution in [1.29, 1.82) is 0 Å². The van der Waals surface area contributed by atoms with Crippen LogP contribution in [-0.2, 0) is 11.3 Å². The Morgan fingerprint density at radius 3 is 2.12 bits per heavy atom. The molecule has 0 amide bonds. The predicted molar refractivity (Wildman–Crippen MR) is 64.8 cm³/mol. The van der Waals surface area contributed by atoms with E-state index in [2.05, 4.69) is 41.7 Å². The van der Waals surface area contributed by atoms with Gasteiger partial charge < -0.3 is 4.74 Å². The van der Waals surface area contributed by atoms with Crippen LogP contribution in [0.3, 0.4) is 0 Å². The van der Waals surface area contributed by atoms with E-state index in [0.29, 0.717) is 6.61 Å². The first kappa shape index (κ1) is 10.9. The lowest BCUT2D eigenvalue weighted by atomic mass is 10.2. The summed E-state index contributed by atoms with van der Waals surface area (Å²) in [5, 5.41) is 2.16. The Kier molecular flexibility index (Phi) is 3.70. The average molecular weight is 214 g/mol. The number of hydrogen-bond donors (Lipinski definition) is 1. The molecule has 0 radical (unpaired) electrons. The largest absolute Gasteiger partial charge is 0.380 e. The van der Waals surface area contributed by atoms with E-state index < -0.39 is 0 Å². The summed E-state index contributed by atoms with van der Waals surface area (Å²) in [6, 6.07) is 18.7. The van der Waals surface area contributed by atoms with Gasteiger partial charge in [0.25, 0.3) is 0 Å². The standard InChI is InChI=1S/C14H15NO/c1-16-11-12-7-9-14(10-8-12)15-13-5-3-2-4-6-13/h2-10,15H,11H2,1H3/p+1. The molecule has 16 heavy (non-hydrogen) atoms. The summed E-state index contributed by atoms with van der Waals surface area (Å²) in [6.45, 7) is 0.672. The van der Waals surface area contributed by atoms with Crippen LogP contribution in [0.2, 0.25) is 0 Å². The topological polar surface area (TPSA) is 25.8 Å². The van der Waals surface area contributed by atoms with Gasteiger partial charge in [-0.1, -0.05) is 30.3 Å². The van der Waals surface area contributed by atoms with Crippen molar-refractivity contribution in [2.45, 2.75) is 6.61 Å². The Hall–Kier alpha value is -1.64. The van der Waals surface area contributed by atoms with E-state index in [1.165, 1.54) is 16.9 Å². The van der Waals surface area contributed by atoms with E-state index in [4.69, 9.17) is 4.74 Å². The molecule has 0 saturated heterocycles. The highest BCUT2D eigenvalue weighted by Crippen LogP contribution is 2.07. The number of nitrogens with two attached hydrogens (primary N) is 1. The lowest BCUT2D eigenvalue weighted by molar-refractivity contribution is -0.478. The molecule has 0 aliphatic heterocycles. The first-order chi connectivity index (χ1) is 7.88.